The summed E-state index contributed by atoms with van der Waals surface area (Å²) in [6, 6.07) is 11.1. The largest absolute Gasteiger partial charge is 0.395 e. The van der Waals surface area contributed by atoms with E-state index in [0.29, 0.717) is 24.0 Å². The Balaban J connectivity index is 2.20. The van der Waals surface area contributed by atoms with Gasteiger partial charge in [0, 0.05) is 25.0 Å². The van der Waals surface area contributed by atoms with Crippen LogP contribution in [0.3, 0.4) is 0 Å². The maximum atomic E-state index is 9.24. The van der Waals surface area contributed by atoms with E-state index in [1.165, 1.54) is 18.4 Å². The summed E-state index contributed by atoms with van der Waals surface area (Å²) in [7, 11) is 0. The molecule has 98 valence electrons. The maximum Gasteiger partial charge on any atom is 0.0746 e. The fourth-order valence-electron chi connectivity index (χ4n) is 2.41. The third-order valence-electron chi connectivity index (χ3n) is 3.35. The first kappa shape index (κ1) is 13.5. The number of aliphatic hydroxyl groups excluding tert-OH is 1. The molecule has 18 heavy (non-hydrogen) atoms. The molecule has 3 N–H and O–H groups in total. The summed E-state index contributed by atoms with van der Waals surface area (Å²) in [6.45, 7) is 0.865. The standard InChI is InChI=1S/C14H20N2OS/c15-14(18)10-13(11-4-2-1-3-5-11)16(8-9-17)12-6-7-12/h1-5,12-13,17H,6-10H2,(H2,15,18). The van der Waals surface area contributed by atoms with E-state index >= 15 is 0 Å². The SMILES string of the molecule is NC(=S)CC(c1ccccc1)N(CCO)C1CC1. The van der Waals surface area contributed by atoms with Crippen molar-refractivity contribution in [1.29, 1.82) is 0 Å². The summed E-state index contributed by atoms with van der Waals surface area (Å²) in [5.41, 5.74) is 6.95. The molecule has 0 aliphatic heterocycles. The van der Waals surface area contributed by atoms with E-state index < -0.39 is 0 Å². The second-order valence-electron chi connectivity index (χ2n) is 4.79. The molecule has 0 bridgehead atoms. The zero-order chi connectivity index (χ0) is 13.0. The molecule has 1 aromatic rings. The molecular weight excluding hydrogens is 244 g/mol. The summed E-state index contributed by atoms with van der Waals surface area (Å²) in [5, 5.41) is 9.24. The van der Waals surface area contributed by atoms with Gasteiger partial charge in [0.15, 0.2) is 0 Å². The van der Waals surface area contributed by atoms with Gasteiger partial charge in [0.05, 0.1) is 11.6 Å². The molecule has 0 radical (unpaired) electrons. The monoisotopic (exact) mass is 264 g/mol. The minimum atomic E-state index is 0.178. The smallest absolute Gasteiger partial charge is 0.0746 e. The van der Waals surface area contributed by atoms with Gasteiger partial charge in [-0.1, -0.05) is 42.5 Å². The van der Waals surface area contributed by atoms with E-state index in [1.807, 2.05) is 18.2 Å². The first-order valence-corrected chi connectivity index (χ1v) is 6.83. The van der Waals surface area contributed by atoms with Crippen molar-refractivity contribution in [3.63, 3.8) is 0 Å². The normalized spacial score (nSPS) is 16.8. The number of nitrogens with zero attached hydrogens (tertiary/aromatic N) is 1. The fraction of sp³-hybridized carbons (Fsp3) is 0.500. The first-order chi connectivity index (χ1) is 8.72. The molecule has 1 aliphatic carbocycles. The molecule has 0 amide bonds. The number of rotatable bonds is 7. The van der Waals surface area contributed by atoms with E-state index in [2.05, 4.69) is 17.0 Å². The number of hydrogen-bond acceptors (Lipinski definition) is 3. The molecule has 1 aromatic carbocycles. The Hall–Kier alpha value is -0.970. The molecule has 2 rings (SSSR count). The maximum absolute atomic E-state index is 9.24. The van der Waals surface area contributed by atoms with Crippen LogP contribution < -0.4 is 5.73 Å². The van der Waals surface area contributed by atoms with Crippen LogP contribution in [0.25, 0.3) is 0 Å². The Kier molecular flexibility index (Phi) is 4.69. The third kappa shape index (κ3) is 3.51. The summed E-state index contributed by atoms with van der Waals surface area (Å²) in [6.07, 6.45) is 3.09. The molecule has 1 fully saturated rings. The van der Waals surface area contributed by atoms with Gasteiger partial charge in [0.1, 0.15) is 0 Å². The molecule has 0 aromatic heterocycles. The average Bonchev–Trinajstić information content (AvgIpc) is 3.18. The van der Waals surface area contributed by atoms with Gasteiger partial charge in [0.2, 0.25) is 0 Å². The van der Waals surface area contributed by atoms with Crippen molar-refractivity contribution in [2.75, 3.05) is 13.2 Å². The minimum Gasteiger partial charge on any atom is -0.395 e. The van der Waals surface area contributed by atoms with Crippen molar-refractivity contribution < 1.29 is 5.11 Å². The molecule has 1 atom stereocenters. The van der Waals surface area contributed by atoms with Gasteiger partial charge < -0.3 is 10.8 Å². The van der Waals surface area contributed by atoms with Crippen molar-refractivity contribution >= 4 is 17.2 Å². The number of aliphatic hydroxyl groups is 1. The van der Waals surface area contributed by atoms with Gasteiger partial charge in [-0.2, -0.15) is 0 Å². The Labute approximate surface area is 114 Å². The molecule has 3 nitrogen and oxygen atoms in total. The van der Waals surface area contributed by atoms with Gasteiger partial charge >= 0.3 is 0 Å². The highest BCUT2D eigenvalue weighted by Crippen LogP contribution is 2.35. The number of nitrogens with two attached hydrogens (primary N) is 1. The van der Waals surface area contributed by atoms with Gasteiger partial charge in [-0.25, -0.2) is 0 Å². The summed E-state index contributed by atoms with van der Waals surface area (Å²) >= 11 is 5.07. The predicted octanol–water partition coefficient (Wildman–Crippen LogP) is 1.86. The molecule has 1 saturated carbocycles. The molecule has 0 saturated heterocycles. The van der Waals surface area contributed by atoms with E-state index in [0.717, 1.165) is 0 Å². The minimum absolute atomic E-state index is 0.178. The lowest BCUT2D eigenvalue weighted by molar-refractivity contribution is 0.145. The van der Waals surface area contributed by atoms with Gasteiger partial charge in [-0.3, -0.25) is 4.90 Å². The molecule has 0 spiro atoms. The molecular formula is C14H20N2OS. The Morgan fingerprint density at radius 3 is 2.56 bits per heavy atom. The predicted molar refractivity (Wildman–Crippen MR) is 77.4 cm³/mol. The van der Waals surface area contributed by atoms with Crippen LogP contribution in [0.5, 0.6) is 0 Å². The quantitative estimate of drug-likeness (QED) is 0.738. The Bertz CT molecular complexity index is 392. The third-order valence-corrected chi connectivity index (χ3v) is 3.52. The molecule has 0 heterocycles. The topological polar surface area (TPSA) is 49.5 Å². The van der Waals surface area contributed by atoms with Crippen LogP contribution in [-0.4, -0.2) is 34.2 Å². The lowest BCUT2D eigenvalue weighted by atomic mass is 10.0. The zero-order valence-electron chi connectivity index (χ0n) is 10.5. The van der Waals surface area contributed by atoms with E-state index in [4.69, 9.17) is 18.0 Å². The van der Waals surface area contributed by atoms with Gasteiger partial charge in [-0.15, -0.1) is 0 Å². The van der Waals surface area contributed by atoms with Crippen LogP contribution in [0.4, 0.5) is 0 Å². The fourth-order valence-corrected chi connectivity index (χ4v) is 2.56. The highest BCUT2D eigenvalue weighted by atomic mass is 32.1. The lowest BCUT2D eigenvalue weighted by Gasteiger charge is -2.31. The van der Waals surface area contributed by atoms with Gasteiger partial charge in [-0.05, 0) is 18.4 Å². The zero-order valence-corrected chi connectivity index (χ0v) is 11.3. The van der Waals surface area contributed by atoms with Crippen molar-refractivity contribution in [1.82, 2.24) is 4.90 Å². The van der Waals surface area contributed by atoms with Crippen molar-refractivity contribution in [3.8, 4) is 0 Å². The number of hydrogen-bond donors (Lipinski definition) is 2. The first-order valence-electron chi connectivity index (χ1n) is 6.42. The summed E-state index contributed by atoms with van der Waals surface area (Å²) < 4.78 is 0. The molecule has 4 heteroatoms. The highest BCUT2D eigenvalue weighted by Gasteiger charge is 2.34. The Morgan fingerprint density at radius 1 is 1.39 bits per heavy atom. The summed E-state index contributed by atoms with van der Waals surface area (Å²) in [5.74, 6) is 0. The molecule has 1 aliphatic rings. The number of thiocarbonyl (C=S) groups is 1. The van der Waals surface area contributed by atoms with Crippen LogP contribution >= 0.6 is 12.2 Å². The van der Waals surface area contributed by atoms with Crippen LogP contribution in [-0.2, 0) is 0 Å². The van der Waals surface area contributed by atoms with E-state index in [-0.39, 0.29) is 12.6 Å². The summed E-state index contributed by atoms with van der Waals surface area (Å²) in [4.78, 5) is 2.88. The highest BCUT2D eigenvalue weighted by molar-refractivity contribution is 7.80. The van der Waals surface area contributed by atoms with Crippen LogP contribution in [0.15, 0.2) is 30.3 Å². The second-order valence-corrected chi connectivity index (χ2v) is 5.31. The average molecular weight is 264 g/mol. The molecule has 1 unspecified atom stereocenters. The Morgan fingerprint density at radius 2 is 2.06 bits per heavy atom. The lowest BCUT2D eigenvalue weighted by Crippen LogP contribution is -2.35. The van der Waals surface area contributed by atoms with Crippen LogP contribution in [0.2, 0.25) is 0 Å². The van der Waals surface area contributed by atoms with Crippen LogP contribution in [0, 0.1) is 0 Å². The van der Waals surface area contributed by atoms with Gasteiger partial charge in [0.25, 0.3) is 0 Å². The van der Waals surface area contributed by atoms with Crippen LogP contribution in [0.1, 0.15) is 30.9 Å². The second kappa shape index (κ2) is 6.27. The van der Waals surface area contributed by atoms with E-state index in [9.17, 15) is 5.11 Å². The van der Waals surface area contributed by atoms with E-state index in [1.54, 1.807) is 0 Å². The number of benzene rings is 1. The van der Waals surface area contributed by atoms with Crippen molar-refractivity contribution in [2.24, 2.45) is 5.73 Å². The van der Waals surface area contributed by atoms with Crippen molar-refractivity contribution in [2.45, 2.75) is 31.3 Å². The van der Waals surface area contributed by atoms with Crippen molar-refractivity contribution in [3.05, 3.63) is 35.9 Å².